The number of methoxy groups -OCH3 is 1. The summed E-state index contributed by atoms with van der Waals surface area (Å²) in [5, 5.41) is 9.86. The molecule has 1 N–H and O–H groups in total. The largest absolute Gasteiger partial charge is 0.393 e. The second kappa shape index (κ2) is 4.17. The molecule has 1 aliphatic rings. The Bertz CT molecular complexity index is 191. The number of ether oxygens (including phenoxy) is 2. The van der Waals surface area contributed by atoms with Crippen LogP contribution >= 0.6 is 0 Å². The van der Waals surface area contributed by atoms with Crippen molar-refractivity contribution in [3.05, 3.63) is 0 Å². The third-order valence-corrected chi connectivity index (χ3v) is 3.98. The zero-order valence-electron chi connectivity index (χ0n) is 9.67. The molecular formula is C11H22O3. The van der Waals surface area contributed by atoms with E-state index in [0.717, 1.165) is 12.8 Å². The maximum atomic E-state index is 9.86. The number of hydrogen-bond donors (Lipinski definition) is 1. The Morgan fingerprint density at radius 3 is 2.43 bits per heavy atom. The van der Waals surface area contributed by atoms with Crippen LogP contribution in [0.5, 0.6) is 0 Å². The Morgan fingerprint density at radius 2 is 2.00 bits per heavy atom. The average Bonchev–Trinajstić information content (AvgIpc) is 2.31. The zero-order chi connectivity index (χ0) is 10.8. The van der Waals surface area contributed by atoms with Crippen LogP contribution in [0.3, 0.4) is 0 Å². The second-order valence-electron chi connectivity index (χ2n) is 5.09. The van der Waals surface area contributed by atoms with Crippen molar-refractivity contribution in [1.29, 1.82) is 0 Å². The fraction of sp³-hybridized carbons (Fsp3) is 1.00. The lowest BCUT2D eigenvalue weighted by atomic mass is 9.69. The van der Waals surface area contributed by atoms with E-state index in [4.69, 9.17) is 9.47 Å². The fourth-order valence-corrected chi connectivity index (χ4v) is 2.15. The first-order chi connectivity index (χ1) is 6.44. The fourth-order valence-electron chi connectivity index (χ4n) is 2.15. The highest BCUT2D eigenvalue weighted by atomic mass is 16.7. The van der Waals surface area contributed by atoms with E-state index in [-0.39, 0.29) is 16.9 Å². The molecule has 1 saturated carbocycles. The van der Waals surface area contributed by atoms with Crippen LogP contribution < -0.4 is 0 Å². The SMILES string of the molecule is COCOCC1(C)CCC(O)C1(C)C. The monoisotopic (exact) mass is 202 g/mol. The molecule has 2 atom stereocenters. The van der Waals surface area contributed by atoms with Crippen LogP contribution in [0.15, 0.2) is 0 Å². The van der Waals surface area contributed by atoms with E-state index < -0.39 is 0 Å². The van der Waals surface area contributed by atoms with Gasteiger partial charge in [-0.3, -0.25) is 0 Å². The van der Waals surface area contributed by atoms with Gasteiger partial charge < -0.3 is 14.6 Å². The zero-order valence-corrected chi connectivity index (χ0v) is 9.67. The molecule has 0 bridgehead atoms. The van der Waals surface area contributed by atoms with Gasteiger partial charge in [-0.1, -0.05) is 20.8 Å². The van der Waals surface area contributed by atoms with Crippen molar-refractivity contribution in [1.82, 2.24) is 0 Å². The lowest BCUT2D eigenvalue weighted by Crippen LogP contribution is -2.40. The highest BCUT2D eigenvalue weighted by Crippen LogP contribution is 2.52. The molecule has 0 radical (unpaired) electrons. The molecule has 14 heavy (non-hydrogen) atoms. The number of hydrogen-bond acceptors (Lipinski definition) is 3. The van der Waals surface area contributed by atoms with Crippen LogP contribution in [0, 0.1) is 10.8 Å². The predicted molar refractivity (Wildman–Crippen MR) is 55.0 cm³/mol. The smallest absolute Gasteiger partial charge is 0.146 e. The Labute approximate surface area is 86.4 Å². The maximum absolute atomic E-state index is 9.86. The summed E-state index contributed by atoms with van der Waals surface area (Å²) >= 11 is 0. The molecule has 0 amide bonds. The van der Waals surface area contributed by atoms with Crippen molar-refractivity contribution in [3.8, 4) is 0 Å². The Hall–Kier alpha value is -0.120. The van der Waals surface area contributed by atoms with Crippen molar-refractivity contribution < 1.29 is 14.6 Å². The molecule has 0 saturated heterocycles. The van der Waals surface area contributed by atoms with E-state index in [1.54, 1.807) is 7.11 Å². The lowest BCUT2D eigenvalue weighted by Gasteiger charge is -2.39. The van der Waals surface area contributed by atoms with Crippen molar-refractivity contribution in [2.75, 3.05) is 20.5 Å². The maximum Gasteiger partial charge on any atom is 0.146 e. The third kappa shape index (κ3) is 1.95. The number of aliphatic hydroxyl groups is 1. The first kappa shape index (κ1) is 12.0. The molecule has 0 aliphatic heterocycles. The highest BCUT2D eigenvalue weighted by molar-refractivity contribution is 5.00. The molecule has 84 valence electrons. The van der Waals surface area contributed by atoms with Gasteiger partial charge in [0.2, 0.25) is 0 Å². The van der Waals surface area contributed by atoms with Gasteiger partial charge in [0.15, 0.2) is 0 Å². The van der Waals surface area contributed by atoms with Crippen LogP contribution in [-0.4, -0.2) is 31.7 Å². The second-order valence-corrected chi connectivity index (χ2v) is 5.09. The van der Waals surface area contributed by atoms with Crippen molar-refractivity contribution in [2.45, 2.75) is 39.7 Å². The minimum Gasteiger partial charge on any atom is -0.393 e. The molecule has 0 aromatic carbocycles. The quantitative estimate of drug-likeness (QED) is 0.558. The van der Waals surface area contributed by atoms with Crippen molar-refractivity contribution in [2.24, 2.45) is 10.8 Å². The first-order valence-electron chi connectivity index (χ1n) is 5.19. The predicted octanol–water partition coefficient (Wildman–Crippen LogP) is 1.79. The van der Waals surface area contributed by atoms with Crippen LogP contribution in [-0.2, 0) is 9.47 Å². The van der Waals surface area contributed by atoms with Gasteiger partial charge in [0.25, 0.3) is 0 Å². The van der Waals surface area contributed by atoms with Crippen LogP contribution in [0.4, 0.5) is 0 Å². The van der Waals surface area contributed by atoms with Gasteiger partial charge in [0.1, 0.15) is 6.79 Å². The van der Waals surface area contributed by atoms with Gasteiger partial charge in [0.05, 0.1) is 12.7 Å². The molecule has 0 aromatic heterocycles. The summed E-state index contributed by atoms with van der Waals surface area (Å²) in [4.78, 5) is 0. The van der Waals surface area contributed by atoms with E-state index in [1.807, 2.05) is 0 Å². The average molecular weight is 202 g/mol. The molecular weight excluding hydrogens is 180 g/mol. The van der Waals surface area contributed by atoms with E-state index >= 15 is 0 Å². The number of aliphatic hydroxyl groups excluding tert-OH is 1. The third-order valence-electron chi connectivity index (χ3n) is 3.98. The van der Waals surface area contributed by atoms with Gasteiger partial charge in [-0.15, -0.1) is 0 Å². The van der Waals surface area contributed by atoms with E-state index in [9.17, 15) is 5.11 Å². The highest BCUT2D eigenvalue weighted by Gasteiger charge is 2.50. The van der Waals surface area contributed by atoms with Crippen LogP contribution in [0.2, 0.25) is 0 Å². The van der Waals surface area contributed by atoms with E-state index in [2.05, 4.69) is 20.8 Å². The van der Waals surface area contributed by atoms with Gasteiger partial charge in [0, 0.05) is 7.11 Å². The normalized spacial score (nSPS) is 36.2. The summed E-state index contributed by atoms with van der Waals surface area (Å²) in [5.74, 6) is 0. The lowest BCUT2D eigenvalue weighted by molar-refractivity contribution is -0.0949. The summed E-state index contributed by atoms with van der Waals surface area (Å²) in [6.45, 7) is 7.40. The molecule has 0 aromatic rings. The molecule has 0 heterocycles. The van der Waals surface area contributed by atoms with Crippen molar-refractivity contribution >= 4 is 0 Å². The van der Waals surface area contributed by atoms with E-state index in [0.29, 0.717) is 13.4 Å². The van der Waals surface area contributed by atoms with Gasteiger partial charge in [-0.2, -0.15) is 0 Å². The van der Waals surface area contributed by atoms with Crippen LogP contribution in [0.1, 0.15) is 33.6 Å². The van der Waals surface area contributed by atoms with E-state index in [1.165, 1.54) is 0 Å². The van der Waals surface area contributed by atoms with Gasteiger partial charge >= 0.3 is 0 Å². The topological polar surface area (TPSA) is 38.7 Å². The minimum atomic E-state index is -0.210. The molecule has 3 nitrogen and oxygen atoms in total. The summed E-state index contributed by atoms with van der Waals surface area (Å²) in [7, 11) is 1.62. The summed E-state index contributed by atoms with van der Waals surface area (Å²) in [5.41, 5.74) is -0.00825. The summed E-state index contributed by atoms with van der Waals surface area (Å²) < 4.78 is 10.3. The molecule has 1 fully saturated rings. The molecule has 3 heteroatoms. The molecule has 2 unspecified atom stereocenters. The minimum absolute atomic E-state index is 0.0605. The first-order valence-corrected chi connectivity index (χ1v) is 5.19. The molecule has 0 spiro atoms. The number of rotatable bonds is 4. The Kier molecular flexibility index (Phi) is 3.56. The van der Waals surface area contributed by atoms with Crippen LogP contribution in [0.25, 0.3) is 0 Å². The summed E-state index contributed by atoms with van der Waals surface area (Å²) in [6.07, 6.45) is 1.68. The van der Waals surface area contributed by atoms with Crippen molar-refractivity contribution in [3.63, 3.8) is 0 Å². The summed E-state index contributed by atoms with van der Waals surface area (Å²) in [6, 6.07) is 0. The Morgan fingerprint density at radius 1 is 1.36 bits per heavy atom. The van der Waals surface area contributed by atoms with Gasteiger partial charge in [-0.05, 0) is 23.7 Å². The molecule has 1 aliphatic carbocycles. The molecule has 1 rings (SSSR count). The standard InChI is InChI=1S/C11H22O3/c1-10(2)9(12)5-6-11(10,3)7-14-8-13-4/h9,12H,5-8H2,1-4H3. The Balaban J connectivity index is 2.56. The van der Waals surface area contributed by atoms with Gasteiger partial charge in [-0.25, -0.2) is 0 Å².